The van der Waals surface area contributed by atoms with Gasteiger partial charge >= 0.3 is 23.5 Å². The lowest BCUT2D eigenvalue weighted by molar-refractivity contribution is -0.293. The Hall–Kier alpha value is -0.650. The molecular formula is C5H4F8NO2S. The van der Waals surface area contributed by atoms with Gasteiger partial charge in [-0.2, -0.15) is 30.7 Å². The molecule has 0 aliphatic carbocycles. The van der Waals surface area contributed by atoms with Gasteiger partial charge in [-0.15, -0.1) is 0 Å². The van der Waals surface area contributed by atoms with Crippen LogP contribution < -0.4 is 4.72 Å². The van der Waals surface area contributed by atoms with Crippen LogP contribution in [0.3, 0.4) is 0 Å². The van der Waals surface area contributed by atoms with Gasteiger partial charge in [0.05, 0.1) is 0 Å². The van der Waals surface area contributed by atoms with Crippen LogP contribution in [-0.2, 0) is 10.0 Å². The molecule has 12 heteroatoms. The molecule has 0 bridgehead atoms. The Morgan fingerprint density at radius 2 is 1.35 bits per heavy atom. The van der Waals surface area contributed by atoms with E-state index in [-0.39, 0.29) is 0 Å². The molecule has 0 aromatic carbocycles. The number of rotatable bonds is 4. The molecule has 103 valence electrons. The molecule has 0 aromatic heterocycles. The van der Waals surface area contributed by atoms with Crippen molar-refractivity contribution in [2.45, 2.75) is 17.4 Å². The standard InChI is InChI=1S/C5H4F8NO2S/c1-14-17(15,16)4(9,10)2(6)3(7,8)5(11,12)13/h14H,1H3. The van der Waals surface area contributed by atoms with Gasteiger partial charge in [-0.3, -0.25) is 0 Å². The fraction of sp³-hybridized carbons (Fsp3) is 0.800. The molecule has 0 aromatic rings. The van der Waals surface area contributed by atoms with Crippen LogP contribution in [0.1, 0.15) is 0 Å². The van der Waals surface area contributed by atoms with E-state index in [2.05, 4.69) is 0 Å². The fourth-order valence-electron chi connectivity index (χ4n) is 0.553. The van der Waals surface area contributed by atoms with Crippen LogP contribution in [0, 0.1) is 6.17 Å². The molecule has 0 heterocycles. The normalized spacial score (nSPS) is 15.4. The summed E-state index contributed by atoms with van der Waals surface area (Å²) in [4.78, 5) is 0. The number of hydrogen-bond acceptors (Lipinski definition) is 2. The lowest BCUT2D eigenvalue weighted by atomic mass is 10.2. The Morgan fingerprint density at radius 3 is 1.59 bits per heavy atom. The van der Waals surface area contributed by atoms with Crippen LogP contribution >= 0.6 is 0 Å². The third kappa shape index (κ3) is 2.61. The lowest BCUT2D eigenvalue weighted by Crippen LogP contribution is -2.52. The Morgan fingerprint density at radius 1 is 1.00 bits per heavy atom. The summed E-state index contributed by atoms with van der Waals surface area (Å²) >= 11 is 0. The maximum Gasteiger partial charge on any atom is 0.457 e. The highest BCUT2D eigenvalue weighted by Crippen LogP contribution is 2.50. The Kier molecular flexibility index (Phi) is 4.06. The molecule has 3 nitrogen and oxygen atoms in total. The van der Waals surface area contributed by atoms with Gasteiger partial charge in [-0.25, -0.2) is 17.5 Å². The monoisotopic (exact) mass is 294 g/mol. The zero-order valence-electron chi connectivity index (χ0n) is 7.75. The number of alkyl halides is 7. The summed E-state index contributed by atoms with van der Waals surface area (Å²) in [6.07, 6.45) is -11.0. The highest BCUT2D eigenvalue weighted by atomic mass is 32.2. The van der Waals surface area contributed by atoms with Crippen molar-refractivity contribution < 1.29 is 43.5 Å². The topological polar surface area (TPSA) is 46.2 Å². The molecule has 0 spiro atoms. The quantitative estimate of drug-likeness (QED) is 0.804. The van der Waals surface area contributed by atoms with E-state index in [1.54, 1.807) is 0 Å². The van der Waals surface area contributed by atoms with Gasteiger partial charge in [0.25, 0.3) is 10.0 Å². The number of nitrogens with one attached hydrogen (secondary N) is 1. The van der Waals surface area contributed by atoms with E-state index < -0.39 is 33.5 Å². The molecular weight excluding hydrogens is 290 g/mol. The van der Waals surface area contributed by atoms with Gasteiger partial charge in [0.1, 0.15) is 0 Å². The van der Waals surface area contributed by atoms with E-state index in [1.807, 2.05) is 0 Å². The van der Waals surface area contributed by atoms with Crippen LogP contribution in [-0.4, -0.2) is 32.8 Å². The van der Waals surface area contributed by atoms with Crippen molar-refractivity contribution in [2.75, 3.05) is 7.05 Å². The van der Waals surface area contributed by atoms with Crippen LogP contribution in [0.25, 0.3) is 0 Å². The summed E-state index contributed by atoms with van der Waals surface area (Å²) in [7, 11) is -5.72. The second-order valence-electron chi connectivity index (χ2n) is 2.61. The molecule has 0 atom stereocenters. The van der Waals surface area contributed by atoms with Crippen LogP contribution in [0.5, 0.6) is 0 Å². The molecule has 0 unspecified atom stereocenters. The summed E-state index contributed by atoms with van der Waals surface area (Å²) in [5, 5.41) is -6.01. The summed E-state index contributed by atoms with van der Waals surface area (Å²) < 4.78 is 118. The predicted octanol–water partition coefficient (Wildman–Crippen LogP) is 1.83. The molecule has 0 saturated heterocycles. The molecule has 1 N–H and O–H groups in total. The van der Waals surface area contributed by atoms with Gasteiger partial charge < -0.3 is 0 Å². The van der Waals surface area contributed by atoms with E-state index in [0.717, 1.165) is 4.72 Å². The maximum atomic E-state index is 12.6. The highest BCUT2D eigenvalue weighted by molar-refractivity contribution is 7.90. The van der Waals surface area contributed by atoms with Gasteiger partial charge in [-0.05, 0) is 7.05 Å². The lowest BCUT2D eigenvalue weighted by Gasteiger charge is -2.26. The Balaban J connectivity index is 5.55. The average molecular weight is 294 g/mol. The first-order chi connectivity index (χ1) is 7.22. The van der Waals surface area contributed by atoms with Crippen molar-refractivity contribution in [3.05, 3.63) is 6.17 Å². The van der Waals surface area contributed by atoms with Gasteiger partial charge in [0.15, 0.2) is 0 Å². The minimum atomic E-state index is -6.68. The number of halogens is 8. The minimum absolute atomic E-state index is 0.294. The van der Waals surface area contributed by atoms with Crippen LogP contribution in [0.15, 0.2) is 0 Å². The smallest absolute Gasteiger partial charge is 0.224 e. The first-order valence-electron chi connectivity index (χ1n) is 3.50. The third-order valence-corrected chi connectivity index (χ3v) is 2.89. The SMILES string of the molecule is CNS(=O)(=O)C(F)(F)[C](F)C(F)(F)C(F)(F)F. The highest BCUT2D eigenvalue weighted by Gasteiger charge is 2.74. The van der Waals surface area contributed by atoms with Crippen molar-refractivity contribution in [3.63, 3.8) is 0 Å². The van der Waals surface area contributed by atoms with Crippen LogP contribution in [0.4, 0.5) is 35.1 Å². The first-order valence-corrected chi connectivity index (χ1v) is 4.99. The van der Waals surface area contributed by atoms with E-state index in [0.29, 0.717) is 7.05 Å². The largest absolute Gasteiger partial charge is 0.457 e. The van der Waals surface area contributed by atoms with Gasteiger partial charge in [0, 0.05) is 0 Å². The number of sulfonamides is 1. The molecule has 17 heavy (non-hydrogen) atoms. The zero-order valence-corrected chi connectivity index (χ0v) is 8.56. The van der Waals surface area contributed by atoms with E-state index in [1.165, 1.54) is 0 Å². The Labute approximate surface area is 89.8 Å². The number of hydrogen-bond donors (Lipinski definition) is 1. The molecule has 0 aliphatic rings. The van der Waals surface area contributed by atoms with E-state index in [9.17, 15) is 43.5 Å². The zero-order chi connectivity index (χ0) is 14.3. The van der Waals surface area contributed by atoms with Crippen molar-refractivity contribution >= 4 is 10.0 Å². The van der Waals surface area contributed by atoms with Gasteiger partial charge in [-0.1, -0.05) is 0 Å². The van der Waals surface area contributed by atoms with Crippen molar-refractivity contribution in [2.24, 2.45) is 0 Å². The molecule has 0 amide bonds. The molecule has 0 fully saturated rings. The first kappa shape index (κ1) is 16.4. The van der Waals surface area contributed by atoms with Crippen molar-refractivity contribution in [3.8, 4) is 0 Å². The van der Waals surface area contributed by atoms with Gasteiger partial charge in [0.2, 0.25) is 0 Å². The molecule has 0 rings (SSSR count). The third-order valence-electron chi connectivity index (χ3n) is 1.49. The van der Waals surface area contributed by atoms with Crippen LogP contribution in [0.2, 0.25) is 0 Å². The van der Waals surface area contributed by atoms with Crippen molar-refractivity contribution in [1.29, 1.82) is 0 Å². The maximum absolute atomic E-state index is 12.6. The van der Waals surface area contributed by atoms with E-state index >= 15 is 0 Å². The summed E-state index contributed by atoms with van der Waals surface area (Å²) in [6, 6.07) is 0. The molecule has 1 radical (unpaired) electrons. The average Bonchev–Trinajstić information content (AvgIpc) is 2.14. The Bertz CT molecular complexity index is 374. The van der Waals surface area contributed by atoms with E-state index in [4.69, 9.17) is 0 Å². The van der Waals surface area contributed by atoms with Crippen molar-refractivity contribution in [1.82, 2.24) is 4.72 Å². The summed E-state index contributed by atoms with van der Waals surface area (Å²) in [6.45, 7) is 0. The molecule has 0 saturated carbocycles. The summed E-state index contributed by atoms with van der Waals surface area (Å²) in [5.74, 6) is -6.58. The second-order valence-corrected chi connectivity index (χ2v) is 4.54. The predicted molar refractivity (Wildman–Crippen MR) is 38.3 cm³/mol. The second kappa shape index (κ2) is 4.23. The molecule has 0 aliphatic heterocycles. The summed E-state index contributed by atoms with van der Waals surface area (Å²) in [5.41, 5.74) is 0. The fourth-order valence-corrected chi connectivity index (χ4v) is 1.17. The minimum Gasteiger partial charge on any atom is -0.224 e.